The van der Waals surface area contributed by atoms with E-state index in [2.05, 4.69) is 37.6 Å². The number of nitrogens with one attached hydrogen (secondary N) is 2. The molecule has 5 heterocycles. The number of aromatic nitrogens is 4. The average molecular weight is 750 g/mol. The largest absolute Gasteiger partial charge is 0.433 e. The first kappa shape index (κ1) is 36.1. The van der Waals surface area contributed by atoms with E-state index >= 15 is 0 Å². The quantitative estimate of drug-likeness (QED) is 0.178. The van der Waals surface area contributed by atoms with Gasteiger partial charge in [0.2, 0.25) is 5.91 Å². The van der Waals surface area contributed by atoms with Crippen molar-refractivity contribution >= 4 is 50.9 Å². The molecular weight excluding hydrogens is 711 g/mol. The lowest BCUT2D eigenvalue weighted by atomic mass is 9.84. The molecule has 8 rings (SSSR count). The fourth-order valence-corrected chi connectivity index (χ4v) is 8.33. The van der Waals surface area contributed by atoms with Gasteiger partial charge in [-0.2, -0.15) is 23.5 Å². The number of piperidine rings is 1. The first-order valence-corrected chi connectivity index (χ1v) is 18.5. The van der Waals surface area contributed by atoms with E-state index in [0.29, 0.717) is 29.3 Å². The predicted octanol–water partition coefficient (Wildman–Crippen LogP) is 7.18. The molecule has 2 aliphatic heterocycles. The van der Waals surface area contributed by atoms with Crippen LogP contribution in [0, 0.1) is 17.2 Å². The van der Waals surface area contributed by atoms with E-state index in [0.717, 1.165) is 86.8 Å². The van der Waals surface area contributed by atoms with E-state index in [1.807, 2.05) is 29.2 Å². The molecule has 15 heteroatoms. The third-order valence-electron chi connectivity index (χ3n) is 11.2. The van der Waals surface area contributed by atoms with Gasteiger partial charge in [0.05, 0.1) is 34.7 Å². The smallest absolute Gasteiger partial charge is 0.319 e. The Bertz CT molecular complexity index is 2340. The molecule has 3 aromatic heterocycles. The van der Waals surface area contributed by atoms with E-state index in [4.69, 9.17) is 5.10 Å². The van der Waals surface area contributed by atoms with Gasteiger partial charge in [-0.25, -0.2) is 9.78 Å². The van der Waals surface area contributed by atoms with Gasteiger partial charge in [0.25, 0.3) is 5.91 Å². The Hall–Kier alpha value is -5.88. The van der Waals surface area contributed by atoms with Gasteiger partial charge in [-0.15, -0.1) is 0 Å². The molecule has 0 radical (unpaired) electrons. The van der Waals surface area contributed by atoms with E-state index < -0.39 is 29.5 Å². The molecule has 55 heavy (non-hydrogen) atoms. The highest BCUT2D eigenvalue weighted by Gasteiger charge is 2.33. The topological polar surface area (TPSA) is 149 Å². The first-order valence-electron chi connectivity index (χ1n) is 18.5. The zero-order chi connectivity index (χ0) is 38.3. The van der Waals surface area contributed by atoms with Crippen LogP contribution in [0.5, 0.6) is 0 Å². The molecule has 4 amide bonds. The molecule has 282 valence electrons. The fraction of sp³-hybridized carbons (Fsp3) is 0.375. The zero-order valence-corrected chi connectivity index (χ0v) is 29.9. The summed E-state index contributed by atoms with van der Waals surface area (Å²) in [5.41, 5.74) is 1.32. The van der Waals surface area contributed by atoms with E-state index in [1.54, 1.807) is 23.2 Å². The standard InChI is InChI=1S/C40H38F3N9O3/c41-40(42,43)36-6-2-5-32(46-36)38(54)47-33-18-27-23-52(49-34(27)17-26(33)19-44)28-9-7-24(8-10-28)22-50-14-11-25(12-15-50)29-3-1-4-30-31(29)20-45-21-35(30)51-16-13-37(53)48-39(51)55/h1-6,17-18,20-21,23-25,28H,7-16,22H2,(H,47,54)(H,48,53,55)/t24-,28-. The highest BCUT2D eigenvalue weighted by atomic mass is 19.4. The number of nitriles is 1. The number of rotatable bonds is 7. The van der Waals surface area contributed by atoms with Gasteiger partial charge in [-0.1, -0.05) is 24.3 Å². The lowest BCUT2D eigenvalue weighted by molar-refractivity contribution is -0.141. The van der Waals surface area contributed by atoms with Crippen molar-refractivity contribution < 1.29 is 27.6 Å². The van der Waals surface area contributed by atoms with Crippen LogP contribution in [0.2, 0.25) is 0 Å². The molecule has 2 saturated heterocycles. The minimum Gasteiger partial charge on any atom is -0.319 e. The van der Waals surface area contributed by atoms with Crippen molar-refractivity contribution in [3.8, 4) is 6.07 Å². The summed E-state index contributed by atoms with van der Waals surface area (Å²) in [6, 6.07) is 14.4. The van der Waals surface area contributed by atoms with Crippen LogP contribution in [0.15, 0.2) is 67.1 Å². The number of benzene rings is 2. The number of fused-ring (bicyclic) bond motifs is 2. The summed E-state index contributed by atoms with van der Waals surface area (Å²) in [4.78, 5) is 49.3. The number of urea groups is 1. The Kier molecular flexibility index (Phi) is 9.68. The molecule has 2 aromatic carbocycles. The summed E-state index contributed by atoms with van der Waals surface area (Å²) in [5.74, 6) is -0.159. The highest BCUT2D eigenvalue weighted by molar-refractivity contribution is 6.10. The average Bonchev–Trinajstić information content (AvgIpc) is 3.60. The first-order chi connectivity index (χ1) is 26.5. The summed E-state index contributed by atoms with van der Waals surface area (Å²) in [7, 11) is 0. The molecule has 5 aromatic rings. The molecule has 0 atom stereocenters. The Balaban J connectivity index is 0.868. The summed E-state index contributed by atoms with van der Waals surface area (Å²) in [6.07, 6.45) is 7.14. The fourth-order valence-electron chi connectivity index (χ4n) is 8.33. The normalized spacial score (nSPS) is 20.1. The Morgan fingerprint density at radius 2 is 1.75 bits per heavy atom. The van der Waals surface area contributed by atoms with Crippen molar-refractivity contribution in [2.24, 2.45) is 5.92 Å². The van der Waals surface area contributed by atoms with E-state index in [9.17, 15) is 32.8 Å². The third-order valence-corrected chi connectivity index (χ3v) is 11.2. The minimum atomic E-state index is -4.69. The Morgan fingerprint density at radius 3 is 2.49 bits per heavy atom. The maximum atomic E-state index is 13.1. The van der Waals surface area contributed by atoms with Crippen LogP contribution in [0.4, 0.5) is 29.3 Å². The zero-order valence-electron chi connectivity index (χ0n) is 29.9. The number of carbonyl (C=O) groups is 3. The molecule has 12 nitrogen and oxygen atoms in total. The number of halogens is 3. The molecule has 0 spiro atoms. The number of anilines is 2. The lowest BCUT2D eigenvalue weighted by Crippen LogP contribution is -2.49. The lowest BCUT2D eigenvalue weighted by Gasteiger charge is -2.37. The monoisotopic (exact) mass is 749 g/mol. The Labute approximate surface area is 314 Å². The second-order valence-corrected chi connectivity index (χ2v) is 14.6. The van der Waals surface area contributed by atoms with Crippen LogP contribution in [0.1, 0.15) is 84.2 Å². The Morgan fingerprint density at radius 1 is 0.964 bits per heavy atom. The van der Waals surface area contributed by atoms with Crippen molar-refractivity contribution in [1.82, 2.24) is 30.0 Å². The summed E-state index contributed by atoms with van der Waals surface area (Å²) < 4.78 is 41.4. The van der Waals surface area contributed by atoms with Crippen LogP contribution in [0.25, 0.3) is 21.7 Å². The van der Waals surface area contributed by atoms with Gasteiger partial charge in [-0.3, -0.25) is 29.5 Å². The minimum absolute atomic E-state index is 0.151. The van der Waals surface area contributed by atoms with Crippen molar-refractivity contribution in [2.45, 2.75) is 63.1 Å². The number of likely N-dealkylation sites (tertiary alicyclic amines) is 1. The number of hydrogen-bond donors (Lipinski definition) is 2. The second-order valence-electron chi connectivity index (χ2n) is 14.6. The van der Waals surface area contributed by atoms with Gasteiger partial charge in [-0.05, 0) is 93.3 Å². The molecule has 1 saturated carbocycles. The van der Waals surface area contributed by atoms with Crippen LogP contribution < -0.4 is 15.5 Å². The second kappa shape index (κ2) is 14.7. The van der Waals surface area contributed by atoms with Crippen LogP contribution in [0.3, 0.4) is 0 Å². The van der Waals surface area contributed by atoms with E-state index in [-0.39, 0.29) is 29.6 Å². The van der Waals surface area contributed by atoms with E-state index in [1.165, 1.54) is 11.6 Å². The number of pyridine rings is 2. The van der Waals surface area contributed by atoms with Gasteiger partial charge < -0.3 is 10.2 Å². The summed E-state index contributed by atoms with van der Waals surface area (Å²) in [5, 5.41) is 22.2. The molecule has 0 unspecified atom stereocenters. The molecule has 1 aliphatic carbocycles. The molecule has 2 N–H and O–H groups in total. The highest BCUT2D eigenvalue weighted by Crippen LogP contribution is 2.38. The van der Waals surface area contributed by atoms with Crippen molar-refractivity contribution in [2.75, 3.05) is 36.4 Å². The van der Waals surface area contributed by atoms with Crippen LogP contribution in [-0.2, 0) is 11.0 Å². The summed E-state index contributed by atoms with van der Waals surface area (Å²) in [6.45, 7) is 3.37. The predicted molar refractivity (Wildman–Crippen MR) is 198 cm³/mol. The number of carbonyl (C=O) groups excluding carboxylic acids is 3. The maximum Gasteiger partial charge on any atom is 0.433 e. The van der Waals surface area contributed by atoms with Crippen molar-refractivity contribution in [3.05, 3.63) is 89.6 Å². The number of hydrogen-bond acceptors (Lipinski definition) is 8. The molecule has 0 bridgehead atoms. The van der Waals surface area contributed by atoms with Crippen molar-refractivity contribution in [1.29, 1.82) is 5.26 Å². The third kappa shape index (κ3) is 7.46. The van der Waals surface area contributed by atoms with Gasteiger partial charge in [0.15, 0.2) is 0 Å². The molecular formula is C40H38F3N9O3. The summed E-state index contributed by atoms with van der Waals surface area (Å²) >= 11 is 0. The number of imide groups is 1. The number of nitrogens with zero attached hydrogens (tertiary/aromatic N) is 7. The number of alkyl halides is 3. The van der Waals surface area contributed by atoms with Crippen LogP contribution in [-0.4, -0.2) is 68.7 Å². The van der Waals surface area contributed by atoms with Gasteiger partial charge in [0, 0.05) is 48.1 Å². The SMILES string of the molecule is N#Cc1cc2nn([C@H]3CC[C@H](CN4CCC(c5cccc6c(N7CCC(=O)NC7=O)cncc56)CC4)CC3)cc2cc1NC(=O)c1cccc(C(F)(F)F)n1. The van der Waals surface area contributed by atoms with Crippen LogP contribution >= 0.6 is 0 Å². The van der Waals surface area contributed by atoms with Crippen molar-refractivity contribution in [3.63, 3.8) is 0 Å². The molecule has 3 fully saturated rings. The number of amides is 4. The van der Waals surface area contributed by atoms with Gasteiger partial charge >= 0.3 is 12.2 Å². The van der Waals surface area contributed by atoms with Gasteiger partial charge in [0.1, 0.15) is 17.5 Å². The maximum absolute atomic E-state index is 13.1. The molecule has 3 aliphatic rings.